The first kappa shape index (κ1) is 13.4. The van der Waals surface area contributed by atoms with Gasteiger partial charge < -0.3 is 4.42 Å². The van der Waals surface area contributed by atoms with Gasteiger partial charge in [-0.1, -0.05) is 30.0 Å². The van der Waals surface area contributed by atoms with Crippen molar-refractivity contribution in [2.45, 2.75) is 29.8 Å². The van der Waals surface area contributed by atoms with Crippen LogP contribution in [0.1, 0.15) is 24.6 Å². The maximum absolute atomic E-state index is 11.7. The summed E-state index contributed by atoms with van der Waals surface area (Å²) in [5.41, 5.74) is 1.66. The molecule has 1 aromatic carbocycles. The molecule has 22 heavy (non-hydrogen) atoms. The Labute approximate surface area is 130 Å². The maximum atomic E-state index is 11.7. The first-order valence-corrected chi connectivity index (χ1v) is 8.09. The number of oxazole rings is 1. The van der Waals surface area contributed by atoms with Crippen molar-refractivity contribution < 1.29 is 4.42 Å². The molecule has 4 rings (SSSR count). The number of hydrogen-bond donors (Lipinski definition) is 1. The zero-order valence-electron chi connectivity index (χ0n) is 11.7. The number of thioether (sulfide) groups is 1. The molecule has 1 saturated carbocycles. The number of aromatic nitrogens is 4. The fraction of sp³-hybridized carbons (Fsp3) is 0.267. The molecular weight excluding hydrogens is 300 g/mol. The van der Waals surface area contributed by atoms with Gasteiger partial charge in [-0.25, -0.2) is 14.9 Å². The van der Waals surface area contributed by atoms with Crippen LogP contribution in [0.2, 0.25) is 0 Å². The molecule has 0 bridgehead atoms. The fourth-order valence-corrected chi connectivity index (χ4v) is 3.16. The van der Waals surface area contributed by atoms with E-state index in [2.05, 4.69) is 15.2 Å². The number of nitrogens with zero attached hydrogens (tertiary/aromatic N) is 3. The van der Waals surface area contributed by atoms with Gasteiger partial charge in [-0.15, -0.1) is 5.10 Å². The highest BCUT2D eigenvalue weighted by molar-refractivity contribution is 7.98. The van der Waals surface area contributed by atoms with Crippen LogP contribution < -0.4 is 5.69 Å². The lowest BCUT2D eigenvalue weighted by molar-refractivity contribution is 0.573. The monoisotopic (exact) mass is 314 g/mol. The van der Waals surface area contributed by atoms with Gasteiger partial charge in [0.1, 0.15) is 6.26 Å². The summed E-state index contributed by atoms with van der Waals surface area (Å²) < 4.78 is 7.25. The summed E-state index contributed by atoms with van der Waals surface area (Å²) in [6.07, 6.45) is 3.76. The third-order valence-corrected chi connectivity index (χ3v) is 4.49. The SMILES string of the molecule is O=c1[nH]nc(SCc2coc(-c3ccccc3)n2)n1C1CC1. The van der Waals surface area contributed by atoms with Gasteiger partial charge in [0.25, 0.3) is 0 Å². The third-order valence-electron chi connectivity index (χ3n) is 3.51. The van der Waals surface area contributed by atoms with E-state index < -0.39 is 0 Å². The highest BCUT2D eigenvalue weighted by atomic mass is 32.2. The Kier molecular flexibility index (Phi) is 3.34. The van der Waals surface area contributed by atoms with Crippen molar-refractivity contribution in [2.24, 2.45) is 0 Å². The van der Waals surface area contributed by atoms with Crippen molar-refractivity contribution in [1.29, 1.82) is 0 Å². The van der Waals surface area contributed by atoms with Crippen LogP contribution >= 0.6 is 11.8 Å². The molecule has 0 amide bonds. The molecule has 1 aliphatic carbocycles. The predicted molar refractivity (Wildman–Crippen MR) is 82.6 cm³/mol. The van der Waals surface area contributed by atoms with Gasteiger partial charge in [-0.2, -0.15) is 0 Å². The second-order valence-electron chi connectivity index (χ2n) is 5.21. The van der Waals surface area contributed by atoms with Gasteiger partial charge in [0.2, 0.25) is 5.89 Å². The number of aromatic amines is 1. The van der Waals surface area contributed by atoms with E-state index >= 15 is 0 Å². The van der Waals surface area contributed by atoms with E-state index in [1.54, 1.807) is 10.8 Å². The van der Waals surface area contributed by atoms with Crippen LogP contribution in [0, 0.1) is 0 Å². The molecule has 0 radical (unpaired) electrons. The van der Waals surface area contributed by atoms with Crippen LogP contribution in [0.25, 0.3) is 11.5 Å². The summed E-state index contributed by atoms with van der Waals surface area (Å²) in [6, 6.07) is 10.1. The van der Waals surface area contributed by atoms with Gasteiger partial charge in [0, 0.05) is 17.4 Å². The molecule has 0 spiro atoms. The number of benzene rings is 1. The molecule has 0 atom stereocenters. The molecule has 1 aliphatic rings. The quantitative estimate of drug-likeness (QED) is 0.733. The Morgan fingerprint density at radius 1 is 1.32 bits per heavy atom. The summed E-state index contributed by atoms with van der Waals surface area (Å²) in [5.74, 6) is 1.23. The molecule has 6 nitrogen and oxygen atoms in total. The van der Waals surface area contributed by atoms with Crippen LogP contribution in [0.3, 0.4) is 0 Å². The van der Waals surface area contributed by atoms with Crippen LogP contribution in [0.15, 0.2) is 51.0 Å². The van der Waals surface area contributed by atoms with Crippen LogP contribution in [-0.4, -0.2) is 19.7 Å². The minimum atomic E-state index is -0.130. The Hall–Kier alpha value is -2.28. The zero-order chi connectivity index (χ0) is 14.9. The number of hydrogen-bond acceptors (Lipinski definition) is 5. The van der Waals surface area contributed by atoms with Gasteiger partial charge >= 0.3 is 5.69 Å². The molecule has 1 fully saturated rings. The standard InChI is InChI=1S/C15H14N4O2S/c20-14-17-18-15(19(14)12-6-7-12)22-9-11-8-21-13(16-11)10-4-2-1-3-5-10/h1-5,8,12H,6-7,9H2,(H,17,20). The normalized spacial score (nSPS) is 14.4. The zero-order valence-corrected chi connectivity index (χ0v) is 12.5. The van der Waals surface area contributed by atoms with E-state index in [-0.39, 0.29) is 5.69 Å². The number of rotatable bonds is 5. The minimum absolute atomic E-state index is 0.130. The van der Waals surface area contributed by atoms with Gasteiger partial charge in [0.15, 0.2) is 5.16 Å². The van der Waals surface area contributed by atoms with Crippen molar-refractivity contribution >= 4 is 11.8 Å². The summed E-state index contributed by atoms with van der Waals surface area (Å²) in [7, 11) is 0. The van der Waals surface area contributed by atoms with Gasteiger partial charge in [0.05, 0.1) is 5.69 Å². The molecule has 2 aromatic heterocycles. The lowest BCUT2D eigenvalue weighted by Crippen LogP contribution is -2.16. The first-order valence-electron chi connectivity index (χ1n) is 7.11. The molecule has 2 heterocycles. The van der Waals surface area contributed by atoms with E-state index in [1.165, 1.54) is 11.8 Å². The lowest BCUT2D eigenvalue weighted by atomic mass is 10.2. The van der Waals surface area contributed by atoms with Gasteiger partial charge in [-0.05, 0) is 25.0 Å². The highest BCUT2D eigenvalue weighted by Gasteiger charge is 2.28. The molecule has 3 aromatic rings. The molecule has 0 saturated heterocycles. The average Bonchev–Trinajstić information content (AvgIpc) is 3.15. The van der Waals surface area contributed by atoms with Crippen molar-refractivity contribution in [3.05, 3.63) is 52.8 Å². The third kappa shape index (κ3) is 2.59. The lowest BCUT2D eigenvalue weighted by Gasteiger charge is -2.01. The van der Waals surface area contributed by atoms with Crippen molar-refractivity contribution in [2.75, 3.05) is 0 Å². The topological polar surface area (TPSA) is 76.7 Å². The van der Waals surface area contributed by atoms with Crippen LogP contribution in [0.4, 0.5) is 0 Å². The van der Waals surface area contributed by atoms with E-state index in [0.717, 1.165) is 29.3 Å². The van der Waals surface area contributed by atoms with E-state index in [1.807, 2.05) is 30.3 Å². The van der Waals surface area contributed by atoms with E-state index in [4.69, 9.17) is 4.42 Å². The van der Waals surface area contributed by atoms with Crippen LogP contribution in [0.5, 0.6) is 0 Å². The second-order valence-corrected chi connectivity index (χ2v) is 6.15. The highest BCUT2D eigenvalue weighted by Crippen LogP contribution is 2.36. The Morgan fingerprint density at radius 3 is 2.91 bits per heavy atom. The molecule has 1 N–H and O–H groups in total. The summed E-state index contributed by atoms with van der Waals surface area (Å²) >= 11 is 1.50. The molecule has 0 unspecified atom stereocenters. The van der Waals surface area contributed by atoms with Crippen molar-refractivity contribution in [3.63, 3.8) is 0 Å². The molecule has 0 aliphatic heterocycles. The molecule has 7 heteroatoms. The molecule has 112 valence electrons. The van der Waals surface area contributed by atoms with Crippen LogP contribution in [-0.2, 0) is 5.75 Å². The average molecular weight is 314 g/mol. The van der Waals surface area contributed by atoms with Crippen molar-refractivity contribution in [3.8, 4) is 11.5 Å². The van der Waals surface area contributed by atoms with E-state index in [0.29, 0.717) is 17.7 Å². The summed E-state index contributed by atoms with van der Waals surface area (Å²) in [5, 5.41) is 7.32. The second kappa shape index (κ2) is 5.49. The predicted octanol–water partition coefficient (Wildman–Crippen LogP) is 2.85. The number of nitrogens with one attached hydrogen (secondary N) is 1. The summed E-state index contributed by atoms with van der Waals surface area (Å²) in [6.45, 7) is 0. The van der Waals surface area contributed by atoms with Gasteiger partial charge in [-0.3, -0.25) is 4.57 Å². The van der Waals surface area contributed by atoms with E-state index in [9.17, 15) is 4.79 Å². The molecular formula is C15H14N4O2S. The fourth-order valence-electron chi connectivity index (χ4n) is 2.27. The Bertz CT molecular complexity index is 833. The Morgan fingerprint density at radius 2 is 2.14 bits per heavy atom. The largest absolute Gasteiger partial charge is 0.444 e. The Balaban J connectivity index is 1.49. The summed E-state index contributed by atoms with van der Waals surface area (Å²) in [4.78, 5) is 16.2. The number of H-pyrrole nitrogens is 1. The minimum Gasteiger partial charge on any atom is -0.444 e. The first-order chi connectivity index (χ1) is 10.8. The van der Waals surface area contributed by atoms with Crippen molar-refractivity contribution in [1.82, 2.24) is 19.7 Å². The maximum Gasteiger partial charge on any atom is 0.344 e. The smallest absolute Gasteiger partial charge is 0.344 e.